The van der Waals surface area contributed by atoms with E-state index >= 15 is 0 Å². The minimum atomic E-state index is -0.280. The zero-order valence-corrected chi connectivity index (χ0v) is 10.4. The number of benzene rings is 1. The SMILES string of the molecule is Cc1oc(C(C)OCc2ccccc2)nc1C=O. The topological polar surface area (TPSA) is 52.3 Å². The molecule has 1 aromatic carbocycles. The highest BCUT2D eigenvalue weighted by atomic mass is 16.5. The Hall–Kier alpha value is -1.94. The van der Waals surface area contributed by atoms with Gasteiger partial charge in [-0.1, -0.05) is 30.3 Å². The van der Waals surface area contributed by atoms with Crippen molar-refractivity contribution in [3.8, 4) is 0 Å². The molecule has 2 rings (SSSR count). The average molecular weight is 245 g/mol. The van der Waals surface area contributed by atoms with Crippen molar-refractivity contribution in [2.24, 2.45) is 0 Å². The van der Waals surface area contributed by atoms with Gasteiger partial charge in [0.2, 0.25) is 5.89 Å². The van der Waals surface area contributed by atoms with Gasteiger partial charge in [-0.25, -0.2) is 4.98 Å². The molecule has 0 amide bonds. The summed E-state index contributed by atoms with van der Waals surface area (Å²) >= 11 is 0. The Morgan fingerprint density at radius 1 is 1.39 bits per heavy atom. The second-order valence-corrected chi connectivity index (χ2v) is 4.05. The maximum absolute atomic E-state index is 10.7. The molecule has 1 aromatic heterocycles. The number of aromatic nitrogens is 1. The highest BCUT2D eigenvalue weighted by molar-refractivity contribution is 5.72. The molecule has 0 aliphatic rings. The Morgan fingerprint density at radius 3 is 2.72 bits per heavy atom. The molecular weight excluding hydrogens is 230 g/mol. The molecule has 0 bridgehead atoms. The van der Waals surface area contributed by atoms with Crippen molar-refractivity contribution >= 4 is 6.29 Å². The summed E-state index contributed by atoms with van der Waals surface area (Å²) in [5.41, 5.74) is 1.42. The number of hydrogen-bond donors (Lipinski definition) is 0. The van der Waals surface area contributed by atoms with Gasteiger partial charge in [0.15, 0.2) is 6.29 Å². The van der Waals surface area contributed by atoms with Gasteiger partial charge >= 0.3 is 0 Å². The summed E-state index contributed by atoms with van der Waals surface area (Å²) in [5, 5.41) is 0. The molecule has 0 saturated carbocycles. The molecule has 4 heteroatoms. The maximum atomic E-state index is 10.7. The monoisotopic (exact) mass is 245 g/mol. The van der Waals surface area contributed by atoms with Crippen molar-refractivity contribution in [2.75, 3.05) is 0 Å². The summed E-state index contributed by atoms with van der Waals surface area (Å²) in [6.45, 7) is 4.05. The molecule has 1 unspecified atom stereocenters. The number of oxazole rings is 1. The summed E-state index contributed by atoms with van der Waals surface area (Å²) in [6, 6.07) is 9.86. The summed E-state index contributed by atoms with van der Waals surface area (Å²) in [5.74, 6) is 0.959. The third-order valence-corrected chi connectivity index (χ3v) is 2.65. The van der Waals surface area contributed by atoms with Crippen LogP contribution in [-0.4, -0.2) is 11.3 Å². The predicted octanol–water partition coefficient (Wildman–Crippen LogP) is 3.07. The first-order valence-corrected chi connectivity index (χ1v) is 5.78. The minimum Gasteiger partial charge on any atom is -0.442 e. The van der Waals surface area contributed by atoms with E-state index in [-0.39, 0.29) is 6.10 Å². The Bertz CT molecular complexity index is 519. The van der Waals surface area contributed by atoms with Gasteiger partial charge in [-0.2, -0.15) is 0 Å². The molecule has 0 N–H and O–H groups in total. The fraction of sp³-hybridized carbons (Fsp3) is 0.286. The van der Waals surface area contributed by atoms with Gasteiger partial charge in [0.1, 0.15) is 17.6 Å². The third-order valence-electron chi connectivity index (χ3n) is 2.65. The molecule has 0 radical (unpaired) electrons. The van der Waals surface area contributed by atoms with Crippen molar-refractivity contribution in [2.45, 2.75) is 26.6 Å². The lowest BCUT2D eigenvalue weighted by Crippen LogP contribution is -2.01. The van der Waals surface area contributed by atoms with Crippen LogP contribution >= 0.6 is 0 Å². The van der Waals surface area contributed by atoms with Gasteiger partial charge in [0.25, 0.3) is 0 Å². The Labute approximate surface area is 106 Å². The Kier molecular flexibility index (Phi) is 3.89. The van der Waals surface area contributed by atoms with E-state index in [0.29, 0.717) is 30.2 Å². The quantitative estimate of drug-likeness (QED) is 0.759. The van der Waals surface area contributed by atoms with Gasteiger partial charge in [0.05, 0.1) is 6.61 Å². The van der Waals surface area contributed by atoms with Crippen LogP contribution in [0.4, 0.5) is 0 Å². The van der Waals surface area contributed by atoms with E-state index in [1.54, 1.807) is 6.92 Å². The minimum absolute atomic E-state index is 0.280. The molecule has 0 aliphatic heterocycles. The van der Waals surface area contributed by atoms with E-state index in [1.165, 1.54) is 0 Å². The van der Waals surface area contributed by atoms with E-state index in [0.717, 1.165) is 5.56 Å². The lowest BCUT2D eigenvalue weighted by Gasteiger charge is -2.09. The fourth-order valence-corrected chi connectivity index (χ4v) is 1.58. The van der Waals surface area contributed by atoms with Crippen LogP contribution in [0, 0.1) is 6.92 Å². The van der Waals surface area contributed by atoms with Crippen LogP contribution in [0.15, 0.2) is 34.7 Å². The zero-order chi connectivity index (χ0) is 13.0. The first-order chi connectivity index (χ1) is 8.70. The van der Waals surface area contributed by atoms with Crippen molar-refractivity contribution in [1.29, 1.82) is 0 Å². The first kappa shape index (κ1) is 12.5. The third kappa shape index (κ3) is 2.84. The number of carbonyl (C=O) groups is 1. The number of carbonyl (C=O) groups excluding carboxylic acids is 1. The Morgan fingerprint density at radius 2 is 2.11 bits per heavy atom. The molecular formula is C14H15NO3. The van der Waals surface area contributed by atoms with Gasteiger partial charge < -0.3 is 9.15 Å². The average Bonchev–Trinajstić information content (AvgIpc) is 2.78. The lowest BCUT2D eigenvalue weighted by atomic mass is 10.2. The van der Waals surface area contributed by atoms with Crippen molar-refractivity contribution < 1.29 is 13.9 Å². The lowest BCUT2D eigenvalue weighted by molar-refractivity contribution is 0.0341. The number of aldehydes is 1. The van der Waals surface area contributed by atoms with Gasteiger partial charge in [-0.3, -0.25) is 4.79 Å². The van der Waals surface area contributed by atoms with Crippen LogP contribution in [0.25, 0.3) is 0 Å². The van der Waals surface area contributed by atoms with E-state index in [9.17, 15) is 4.79 Å². The molecule has 4 nitrogen and oxygen atoms in total. The van der Waals surface area contributed by atoms with E-state index < -0.39 is 0 Å². The molecule has 0 fully saturated rings. The van der Waals surface area contributed by atoms with Crippen molar-refractivity contribution in [3.63, 3.8) is 0 Å². The van der Waals surface area contributed by atoms with Gasteiger partial charge in [-0.15, -0.1) is 0 Å². The van der Waals surface area contributed by atoms with Crippen LogP contribution in [0.2, 0.25) is 0 Å². The van der Waals surface area contributed by atoms with E-state index in [4.69, 9.17) is 9.15 Å². The highest BCUT2D eigenvalue weighted by Crippen LogP contribution is 2.20. The Balaban J connectivity index is 1.99. The highest BCUT2D eigenvalue weighted by Gasteiger charge is 2.15. The smallest absolute Gasteiger partial charge is 0.223 e. The van der Waals surface area contributed by atoms with Crippen molar-refractivity contribution in [1.82, 2.24) is 4.98 Å². The summed E-state index contributed by atoms with van der Waals surface area (Å²) in [6.07, 6.45) is 0.407. The first-order valence-electron chi connectivity index (χ1n) is 5.78. The number of hydrogen-bond acceptors (Lipinski definition) is 4. The normalized spacial score (nSPS) is 12.3. The van der Waals surface area contributed by atoms with Crippen LogP contribution in [0.1, 0.15) is 40.7 Å². The summed E-state index contributed by atoms with van der Waals surface area (Å²) < 4.78 is 11.0. The maximum Gasteiger partial charge on any atom is 0.223 e. The molecule has 0 spiro atoms. The van der Waals surface area contributed by atoms with Crippen LogP contribution in [0.3, 0.4) is 0 Å². The van der Waals surface area contributed by atoms with E-state index in [1.807, 2.05) is 37.3 Å². The number of nitrogens with zero attached hydrogens (tertiary/aromatic N) is 1. The van der Waals surface area contributed by atoms with Gasteiger partial charge in [-0.05, 0) is 19.4 Å². The summed E-state index contributed by atoms with van der Waals surface area (Å²) in [7, 11) is 0. The van der Waals surface area contributed by atoms with E-state index in [2.05, 4.69) is 4.98 Å². The molecule has 1 atom stereocenters. The van der Waals surface area contributed by atoms with Crippen LogP contribution in [-0.2, 0) is 11.3 Å². The number of aryl methyl sites for hydroxylation is 1. The standard InChI is InChI=1S/C14H15NO3/c1-10-13(8-16)15-14(18-10)11(2)17-9-12-6-4-3-5-7-12/h3-8,11H,9H2,1-2H3. The van der Waals surface area contributed by atoms with Gasteiger partial charge in [0, 0.05) is 0 Å². The van der Waals surface area contributed by atoms with Crippen LogP contribution in [0.5, 0.6) is 0 Å². The van der Waals surface area contributed by atoms with Crippen LogP contribution < -0.4 is 0 Å². The summed E-state index contributed by atoms with van der Waals surface area (Å²) in [4.78, 5) is 14.8. The zero-order valence-electron chi connectivity index (χ0n) is 10.4. The number of rotatable bonds is 5. The molecule has 94 valence electrons. The second-order valence-electron chi connectivity index (χ2n) is 4.05. The van der Waals surface area contributed by atoms with Crippen molar-refractivity contribution in [3.05, 3.63) is 53.2 Å². The molecule has 1 heterocycles. The largest absolute Gasteiger partial charge is 0.442 e. The predicted molar refractivity (Wildman–Crippen MR) is 66.3 cm³/mol. The second kappa shape index (κ2) is 5.60. The fourth-order valence-electron chi connectivity index (χ4n) is 1.58. The molecule has 2 aromatic rings. The molecule has 18 heavy (non-hydrogen) atoms. The molecule has 0 aliphatic carbocycles. The molecule has 0 saturated heterocycles. The number of ether oxygens (including phenoxy) is 1.